The molecule has 2 N–H and O–H groups in total. The van der Waals surface area contributed by atoms with E-state index in [1.54, 1.807) is 12.1 Å². The molecule has 0 spiro atoms. The summed E-state index contributed by atoms with van der Waals surface area (Å²) in [4.78, 5) is 11.4. The van der Waals surface area contributed by atoms with Gasteiger partial charge in [0.25, 0.3) is 0 Å². The minimum Gasteiger partial charge on any atom is -0.348 e. The van der Waals surface area contributed by atoms with Gasteiger partial charge in [0, 0.05) is 0 Å². The van der Waals surface area contributed by atoms with Crippen molar-refractivity contribution in [3.8, 4) is 0 Å². The number of likely N-dealkylation sites (N-methyl/N-ethyl adjacent to an activating group) is 1. The summed E-state index contributed by atoms with van der Waals surface area (Å²) in [6, 6.07) is 6.06. The molecule has 0 saturated heterocycles. The fourth-order valence-corrected chi connectivity index (χ4v) is 1.39. The van der Waals surface area contributed by atoms with Gasteiger partial charge in [0.1, 0.15) is 5.82 Å². The van der Waals surface area contributed by atoms with Crippen molar-refractivity contribution < 1.29 is 9.18 Å². The highest BCUT2D eigenvalue weighted by Gasteiger charge is 2.09. The Morgan fingerprint density at radius 3 is 2.88 bits per heavy atom. The number of hydrogen-bond donors (Lipinski definition) is 2. The molecule has 88 valence electrons. The first kappa shape index (κ1) is 12.6. The van der Waals surface area contributed by atoms with Gasteiger partial charge in [-0.15, -0.1) is 0 Å². The predicted octanol–water partition coefficient (Wildman–Crippen LogP) is 1.61. The standard InChI is InChI=1S/C12H17FN2O/c1-3-14-8-12(16)15-9(2)10-5-4-6-11(13)7-10/h4-7,9,14H,3,8H2,1-2H3,(H,15,16)/t9-/m1/s1. The van der Waals surface area contributed by atoms with Gasteiger partial charge in [-0.1, -0.05) is 19.1 Å². The summed E-state index contributed by atoms with van der Waals surface area (Å²) < 4.78 is 12.9. The van der Waals surface area contributed by atoms with Crippen molar-refractivity contribution in [1.82, 2.24) is 10.6 Å². The Balaban J connectivity index is 2.52. The third-order valence-electron chi connectivity index (χ3n) is 2.26. The van der Waals surface area contributed by atoms with Gasteiger partial charge in [-0.3, -0.25) is 4.79 Å². The van der Waals surface area contributed by atoms with E-state index in [1.807, 2.05) is 13.8 Å². The first-order valence-corrected chi connectivity index (χ1v) is 5.39. The van der Waals surface area contributed by atoms with E-state index in [1.165, 1.54) is 12.1 Å². The molecule has 0 heterocycles. The van der Waals surface area contributed by atoms with Crippen LogP contribution in [0.3, 0.4) is 0 Å². The summed E-state index contributed by atoms with van der Waals surface area (Å²) >= 11 is 0. The summed E-state index contributed by atoms with van der Waals surface area (Å²) in [5.41, 5.74) is 0.768. The largest absolute Gasteiger partial charge is 0.348 e. The van der Waals surface area contributed by atoms with E-state index in [9.17, 15) is 9.18 Å². The Morgan fingerprint density at radius 1 is 1.50 bits per heavy atom. The van der Waals surface area contributed by atoms with Crippen molar-refractivity contribution in [2.75, 3.05) is 13.1 Å². The summed E-state index contributed by atoms with van der Waals surface area (Å²) in [5.74, 6) is -0.371. The van der Waals surface area contributed by atoms with Crippen LogP contribution in [0.5, 0.6) is 0 Å². The molecular weight excluding hydrogens is 207 g/mol. The highest BCUT2D eigenvalue weighted by atomic mass is 19.1. The third kappa shape index (κ3) is 3.98. The number of nitrogens with one attached hydrogen (secondary N) is 2. The average molecular weight is 224 g/mol. The molecule has 0 radical (unpaired) electrons. The first-order valence-electron chi connectivity index (χ1n) is 5.39. The molecule has 0 unspecified atom stereocenters. The molecule has 0 bridgehead atoms. The van der Waals surface area contributed by atoms with Gasteiger partial charge < -0.3 is 10.6 Å². The molecule has 1 aromatic rings. The topological polar surface area (TPSA) is 41.1 Å². The lowest BCUT2D eigenvalue weighted by Gasteiger charge is -2.14. The number of amides is 1. The third-order valence-corrected chi connectivity index (χ3v) is 2.26. The van der Waals surface area contributed by atoms with Crippen molar-refractivity contribution in [1.29, 1.82) is 0 Å². The molecule has 0 aliphatic carbocycles. The smallest absolute Gasteiger partial charge is 0.234 e. The molecule has 1 atom stereocenters. The Labute approximate surface area is 95.0 Å². The van der Waals surface area contributed by atoms with Crippen LogP contribution >= 0.6 is 0 Å². The van der Waals surface area contributed by atoms with Crippen LogP contribution in [-0.2, 0) is 4.79 Å². The maximum Gasteiger partial charge on any atom is 0.234 e. The lowest BCUT2D eigenvalue weighted by Crippen LogP contribution is -2.35. The van der Waals surface area contributed by atoms with Gasteiger partial charge in [0.2, 0.25) is 5.91 Å². The minimum absolute atomic E-state index is 0.0846. The molecule has 0 fully saturated rings. The number of carbonyl (C=O) groups is 1. The normalized spacial score (nSPS) is 12.2. The Hall–Kier alpha value is -1.42. The Bertz CT molecular complexity index is 355. The Kier molecular flexibility index (Phi) is 4.92. The second-order valence-corrected chi connectivity index (χ2v) is 3.62. The van der Waals surface area contributed by atoms with Crippen molar-refractivity contribution >= 4 is 5.91 Å². The quantitative estimate of drug-likeness (QED) is 0.798. The van der Waals surface area contributed by atoms with Crippen molar-refractivity contribution in [3.63, 3.8) is 0 Å². The van der Waals surface area contributed by atoms with Gasteiger partial charge in [-0.25, -0.2) is 4.39 Å². The maximum atomic E-state index is 12.9. The van der Waals surface area contributed by atoms with Crippen molar-refractivity contribution in [2.45, 2.75) is 19.9 Å². The van der Waals surface area contributed by atoms with Gasteiger partial charge in [0.15, 0.2) is 0 Å². The lowest BCUT2D eigenvalue weighted by atomic mass is 10.1. The summed E-state index contributed by atoms with van der Waals surface area (Å²) in [6.45, 7) is 4.81. The minimum atomic E-state index is -0.287. The summed E-state index contributed by atoms with van der Waals surface area (Å²) in [6.07, 6.45) is 0. The molecule has 3 nitrogen and oxygen atoms in total. The first-order chi connectivity index (χ1) is 7.63. The fourth-order valence-electron chi connectivity index (χ4n) is 1.39. The fraction of sp³-hybridized carbons (Fsp3) is 0.417. The number of hydrogen-bond acceptors (Lipinski definition) is 2. The molecule has 4 heteroatoms. The van der Waals surface area contributed by atoms with Crippen molar-refractivity contribution in [2.24, 2.45) is 0 Å². The van der Waals surface area contributed by atoms with Gasteiger partial charge in [-0.2, -0.15) is 0 Å². The SMILES string of the molecule is CCNCC(=O)N[C@H](C)c1cccc(F)c1. The van der Waals surface area contributed by atoms with Crippen LogP contribution in [0, 0.1) is 5.82 Å². The highest BCUT2D eigenvalue weighted by molar-refractivity contribution is 5.78. The summed E-state index contributed by atoms with van der Waals surface area (Å²) in [7, 11) is 0. The monoisotopic (exact) mass is 224 g/mol. The number of benzene rings is 1. The number of rotatable bonds is 5. The van der Waals surface area contributed by atoms with Crippen molar-refractivity contribution in [3.05, 3.63) is 35.6 Å². The summed E-state index contributed by atoms with van der Waals surface area (Å²) in [5, 5.41) is 5.72. The van der Waals surface area contributed by atoms with Crippen LogP contribution in [-0.4, -0.2) is 19.0 Å². The number of carbonyl (C=O) groups excluding carboxylic acids is 1. The second kappa shape index (κ2) is 6.23. The van der Waals surface area contributed by atoms with E-state index in [4.69, 9.17) is 0 Å². The lowest BCUT2D eigenvalue weighted by molar-refractivity contribution is -0.120. The molecular formula is C12H17FN2O. The van der Waals surface area contributed by atoms with E-state index >= 15 is 0 Å². The van der Waals surface area contributed by atoms with E-state index in [0.29, 0.717) is 0 Å². The van der Waals surface area contributed by atoms with Crippen LogP contribution in [0.2, 0.25) is 0 Å². The predicted molar refractivity (Wildman–Crippen MR) is 61.5 cm³/mol. The molecule has 0 aliphatic heterocycles. The zero-order valence-corrected chi connectivity index (χ0v) is 9.59. The van der Waals surface area contributed by atoms with Crippen LogP contribution < -0.4 is 10.6 Å². The zero-order chi connectivity index (χ0) is 12.0. The van der Waals surface area contributed by atoms with Gasteiger partial charge >= 0.3 is 0 Å². The van der Waals surface area contributed by atoms with Crippen LogP contribution in [0.25, 0.3) is 0 Å². The van der Waals surface area contributed by atoms with Crippen LogP contribution in [0.15, 0.2) is 24.3 Å². The van der Waals surface area contributed by atoms with E-state index < -0.39 is 0 Å². The second-order valence-electron chi connectivity index (χ2n) is 3.62. The Morgan fingerprint density at radius 2 is 2.25 bits per heavy atom. The molecule has 0 aromatic heterocycles. The molecule has 1 aromatic carbocycles. The van der Waals surface area contributed by atoms with E-state index in [-0.39, 0.29) is 24.3 Å². The number of halogens is 1. The van der Waals surface area contributed by atoms with Crippen LogP contribution in [0.1, 0.15) is 25.5 Å². The molecule has 1 amide bonds. The van der Waals surface area contributed by atoms with E-state index in [0.717, 1.165) is 12.1 Å². The molecule has 16 heavy (non-hydrogen) atoms. The van der Waals surface area contributed by atoms with Gasteiger partial charge in [0.05, 0.1) is 12.6 Å². The van der Waals surface area contributed by atoms with Gasteiger partial charge in [-0.05, 0) is 31.2 Å². The maximum absolute atomic E-state index is 12.9. The average Bonchev–Trinajstić information content (AvgIpc) is 2.26. The molecule has 1 rings (SSSR count). The molecule has 0 aliphatic rings. The van der Waals surface area contributed by atoms with Crippen LogP contribution in [0.4, 0.5) is 4.39 Å². The molecule has 0 saturated carbocycles. The zero-order valence-electron chi connectivity index (χ0n) is 9.59. The highest BCUT2D eigenvalue weighted by Crippen LogP contribution is 2.12. The van der Waals surface area contributed by atoms with E-state index in [2.05, 4.69) is 10.6 Å².